The summed E-state index contributed by atoms with van der Waals surface area (Å²) in [4.78, 5) is 39.4. The minimum Gasteiger partial charge on any atom is -0.360 e. The minimum absolute atomic E-state index is 0.0438. The number of nitrogens with one attached hydrogen (secondary N) is 3. The number of aryl methyl sites for hydroxylation is 1. The highest BCUT2D eigenvalue weighted by Crippen LogP contribution is 2.16. The molecule has 8 nitrogen and oxygen atoms in total. The Kier molecular flexibility index (Phi) is 5.37. The van der Waals surface area contributed by atoms with Gasteiger partial charge in [-0.25, -0.2) is 0 Å². The van der Waals surface area contributed by atoms with Crippen molar-refractivity contribution in [3.05, 3.63) is 51.3 Å². The van der Waals surface area contributed by atoms with Crippen LogP contribution >= 0.6 is 11.3 Å². The molecule has 0 radical (unpaired) electrons. The van der Waals surface area contributed by atoms with Crippen LogP contribution < -0.4 is 16.1 Å². The van der Waals surface area contributed by atoms with Gasteiger partial charge in [0.2, 0.25) is 16.5 Å². The average Bonchev–Trinajstić information content (AvgIpc) is 3.07. The number of fused-ring (bicyclic) bond motifs is 1. The molecule has 0 aliphatic heterocycles. The number of carbonyl (C=O) groups is 2. The Labute approximate surface area is 152 Å². The van der Waals surface area contributed by atoms with Gasteiger partial charge in [-0.15, -0.1) is 10.2 Å². The van der Waals surface area contributed by atoms with E-state index in [2.05, 4.69) is 25.8 Å². The third kappa shape index (κ3) is 3.94. The molecule has 2 aromatic heterocycles. The fourth-order valence-electron chi connectivity index (χ4n) is 2.37. The SMILES string of the molecule is CCCc1nnc(NC(=O)CNC(=O)c2c[nH]c3ccccc3c2=O)s1. The fourth-order valence-corrected chi connectivity index (χ4v) is 3.23. The van der Waals surface area contributed by atoms with Crippen molar-refractivity contribution in [3.63, 3.8) is 0 Å². The molecule has 0 saturated heterocycles. The maximum atomic E-state index is 12.4. The Bertz CT molecular complexity index is 1010. The van der Waals surface area contributed by atoms with Crippen LogP contribution in [0.3, 0.4) is 0 Å². The van der Waals surface area contributed by atoms with Crippen LogP contribution in [0.2, 0.25) is 0 Å². The summed E-state index contributed by atoms with van der Waals surface area (Å²) in [5.74, 6) is -1.05. The van der Waals surface area contributed by atoms with Gasteiger partial charge in [-0.3, -0.25) is 19.7 Å². The number of aromatic nitrogens is 3. The number of hydrogen-bond donors (Lipinski definition) is 3. The minimum atomic E-state index is -0.615. The van der Waals surface area contributed by atoms with E-state index in [1.807, 2.05) is 6.92 Å². The summed E-state index contributed by atoms with van der Waals surface area (Å²) in [6.07, 6.45) is 3.09. The molecule has 9 heteroatoms. The van der Waals surface area contributed by atoms with Gasteiger partial charge in [0.15, 0.2) is 0 Å². The largest absolute Gasteiger partial charge is 0.360 e. The third-order valence-electron chi connectivity index (χ3n) is 3.62. The van der Waals surface area contributed by atoms with Crippen molar-refractivity contribution in [3.8, 4) is 0 Å². The van der Waals surface area contributed by atoms with Crippen LogP contribution in [0.5, 0.6) is 0 Å². The van der Waals surface area contributed by atoms with Gasteiger partial charge in [0.1, 0.15) is 10.6 Å². The van der Waals surface area contributed by atoms with Crippen LogP contribution in [0, 0.1) is 0 Å². The van der Waals surface area contributed by atoms with Gasteiger partial charge in [0.25, 0.3) is 5.91 Å². The molecular weight excluding hydrogens is 354 g/mol. The number of benzene rings is 1. The Morgan fingerprint density at radius 2 is 2.04 bits per heavy atom. The molecule has 2 heterocycles. The van der Waals surface area contributed by atoms with E-state index in [-0.39, 0.29) is 17.5 Å². The van der Waals surface area contributed by atoms with Crippen LogP contribution in [-0.4, -0.2) is 33.5 Å². The monoisotopic (exact) mass is 371 g/mol. The molecule has 0 spiro atoms. The maximum absolute atomic E-state index is 12.4. The van der Waals surface area contributed by atoms with Crippen molar-refractivity contribution < 1.29 is 9.59 Å². The van der Waals surface area contributed by atoms with Gasteiger partial charge in [-0.2, -0.15) is 0 Å². The van der Waals surface area contributed by atoms with E-state index in [0.29, 0.717) is 16.0 Å². The van der Waals surface area contributed by atoms with Crippen molar-refractivity contribution in [2.24, 2.45) is 0 Å². The van der Waals surface area contributed by atoms with Crippen LogP contribution in [-0.2, 0) is 11.2 Å². The Morgan fingerprint density at radius 1 is 1.23 bits per heavy atom. The van der Waals surface area contributed by atoms with Gasteiger partial charge in [0, 0.05) is 23.5 Å². The lowest BCUT2D eigenvalue weighted by atomic mass is 10.1. The molecule has 0 aliphatic rings. The number of para-hydroxylation sites is 1. The zero-order valence-corrected chi connectivity index (χ0v) is 14.9. The molecule has 134 valence electrons. The van der Waals surface area contributed by atoms with Crippen LogP contribution in [0.15, 0.2) is 35.3 Å². The first kappa shape index (κ1) is 17.7. The molecule has 3 aromatic rings. The maximum Gasteiger partial charge on any atom is 0.257 e. The number of amides is 2. The lowest BCUT2D eigenvalue weighted by molar-refractivity contribution is -0.115. The Balaban J connectivity index is 1.62. The fraction of sp³-hybridized carbons (Fsp3) is 0.235. The molecule has 0 atom stereocenters. The van der Waals surface area contributed by atoms with Crippen LogP contribution in [0.4, 0.5) is 5.13 Å². The van der Waals surface area contributed by atoms with Crippen molar-refractivity contribution in [1.29, 1.82) is 0 Å². The number of rotatable bonds is 6. The second-order valence-corrected chi connectivity index (χ2v) is 6.62. The summed E-state index contributed by atoms with van der Waals surface area (Å²) in [6.45, 7) is 1.76. The van der Waals surface area contributed by atoms with Gasteiger partial charge in [0.05, 0.1) is 6.54 Å². The standard InChI is InChI=1S/C17H17N5O3S/c1-2-5-14-21-22-17(26-14)20-13(23)9-19-16(25)11-8-18-12-7-4-3-6-10(12)15(11)24/h3-4,6-8H,2,5,9H2,1H3,(H,18,24)(H,19,25)(H,20,22,23). The van der Waals surface area contributed by atoms with E-state index in [1.165, 1.54) is 17.5 Å². The van der Waals surface area contributed by atoms with Crippen LogP contribution in [0.25, 0.3) is 10.9 Å². The highest BCUT2D eigenvalue weighted by atomic mass is 32.1. The molecule has 1 aromatic carbocycles. The molecular formula is C17H17N5O3S. The molecule has 3 rings (SSSR count). The van der Waals surface area contributed by atoms with Crippen molar-refractivity contribution in [2.45, 2.75) is 19.8 Å². The first-order chi connectivity index (χ1) is 12.6. The third-order valence-corrected chi connectivity index (χ3v) is 4.52. The second kappa shape index (κ2) is 7.87. The predicted molar refractivity (Wildman–Crippen MR) is 99.4 cm³/mol. The number of hydrogen-bond acceptors (Lipinski definition) is 6. The van der Waals surface area contributed by atoms with Crippen LogP contribution in [0.1, 0.15) is 28.7 Å². The summed E-state index contributed by atoms with van der Waals surface area (Å²) in [7, 11) is 0. The zero-order valence-electron chi connectivity index (χ0n) is 14.0. The van der Waals surface area contributed by atoms with E-state index in [9.17, 15) is 14.4 Å². The van der Waals surface area contributed by atoms with E-state index in [0.717, 1.165) is 17.8 Å². The number of nitrogens with zero attached hydrogens (tertiary/aromatic N) is 2. The second-order valence-electron chi connectivity index (χ2n) is 5.56. The lowest BCUT2D eigenvalue weighted by Gasteiger charge is -2.05. The first-order valence-corrected chi connectivity index (χ1v) is 8.91. The topological polar surface area (TPSA) is 117 Å². The van der Waals surface area contributed by atoms with Gasteiger partial charge in [-0.05, 0) is 18.6 Å². The first-order valence-electron chi connectivity index (χ1n) is 8.09. The summed E-state index contributed by atoms with van der Waals surface area (Å²) in [5.41, 5.74) is 0.217. The molecule has 26 heavy (non-hydrogen) atoms. The molecule has 0 unspecified atom stereocenters. The molecule has 0 bridgehead atoms. The molecule has 0 aliphatic carbocycles. The van der Waals surface area contributed by atoms with Crippen molar-refractivity contribution >= 4 is 39.2 Å². The van der Waals surface area contributed by atoms with E-state index in [4.69, 9.17) is 0 Å². The average molecular weight is 371 g/mol. The number of aromatic amines is 1. The van der Waals surface area contributed by atoms with Gasteiger partial charge < -0.3 is 10.3 Å². The number of H-pyrrole nitrogens is 1. The number of carbonyl (C=O) groups excluding carboxylic acids is 2. The van der Waals surface area contributed by atoms with E-state index >= 15 is 0 Å². The summed E-state index contributed by atoms with van der Waals surface area (Å²) in [6, 6.07) is 6.91. The Hall–Kier alpha value is -3.07. The smallest absolute Gasteiger partial charge is 0.257 e. The molecule has 0 fully saturated rings. The highest BCUT2D eigenvalue weighted by molar-refractivity contribution is 7.15. The summed E-state index contributed by atoms with van der Waals surface area (Å²) < 4.78 is 0. The summed E-state index contributed by atoms with van der Waals surface area (Å²) >= 11 is 1.30. The Morgan fingerprint density at radius 3 is 2.85 bits per heavy atom. The van der Waals surface area contributed by atoms with Crippen molar-refractivity contribution in [2.75, 3.05) is 11.9 Å². The number of anilines is 1. The number of pyridine rings is 1. The molecule has 0 saturated carbocycles. The van der Waals surface area contributed by atoms with Gasteiger partial charge in [-0.1, -0.05) is 30.4 Å². The normalized spacial score (nSPS) is 10.7. The highest BCUT2D eigenvalue weighted by Gasteiger charge is 2.14. The zero-order chi connectivity index (χ0) is 18.5. The molecule has 3 N–H and O–H groups in total. The summed E-state index contributed by atoms with van der Waals surface area (Å²) in [5, 5.41) is 14.5. The quantitative estimate of drug-likeness (QED) is 0.610. The lowest BCUT2D eigenvalue weighted by Crippen LogP contribution is -2.35. The van der Waals surface area contributed by atoms with Crippen molar-refractivity contribution in [1.82, 2.24) is 20.5 Å². The molecule has 2 amide bonds. The van der Waals surface area contributed by atoms with E-state index < -0.39 is 11.8 Å². The van der Waals surface area contributed by atoms with Gasteiger partial charge >= 0.3 is 0 Å². The predicted octanol–water partition coefficient (Wildman–Crippen LogP) is 1.70. The van der Waals surface area contributed by atoms with E-state index in [1.54, 1.807) is 24.3 Å².